The van der Waals surface area contributed by atoms with Gasteiger partial charge in [-0.25, -0.2) is 4.39 Å². The molecule has 1 saturated carbocycles. The summed E-state index contributed by atoms with van der Waals surface area (Å²) in [5, 5.41) is 13.9. The van der Waals surface area contributed by atoms with E-state index in [-0.39, 0.29) is 29.6 Å². The average Bonchev–Trinajstić information content (AvgIpc) is 2.69. The molecule has 2 fully saturated rings. The van der Waals surface area contributed by atoms with E-state index >= 15 is 0 Å². The number of carbonyl (C=O) groups is 2. The predicted octanol–water partition coefficient (Wildman–Crippen LogP) is 2.50. The lowest BCUT2D eigenvalue weighted by atomic mass is 9.77. The van der Waals surface area contributed by atoms with Crippen LogP contribution in [0.1, 0.15) is 44.1 Å². The lowest BCUT2D eigenvalue weighted by Gasteiger charge is -2.37. The quantitative estimate of drug-likeness (QED) is 0.796. The van der Waals surface area contributed by atoms with Gasteiger partial charge in [-0.2, -0.15) is 0 Å². The van der Waals surface area contributed by atoms with Crippen molar-refractivity contribution < 1.29 is 19.1 Å². The number of carbonyl (C=O) groups excluding carboxylic acids is 2. The maximum atomic E-state index is 13.4. The monoisotopic (exact) mass is 374 g/mol. The Bertz CT molecular complexity index is 705. The van der Waals surface area contributed by atoms with Crippen LogP contribution in [0.4, 0.5) is 4.39 Å². The third-order valence-corrected chi connectivity index (χ3v) is 5.87. The molecule has 1 aliphatic carbocycles. The van der Waals surface area contributed by atoms with Gasteiger partial charge in [0.1, 0.15) is 5.82 Å². The van der Waals surface area contributed by atoms with Gasteiger partial charge >= 0.3 is 0 Å². The Morgan fingerprint density at radius 1 is 1.22 bits per heavy atom. The summed E-state index contributed by atoms with van der Waals surface area (Å²) in [6, 6.07) is 6.14. The second-order valence-electron chi connectivity index (χ2n) is 7.63. The molecule has 146 valence electrons. The van der Waals surface area contributed by atoms with E-state index < -0.39 is 5.60 Å². The molecule has 6 heteroatoms. The van der Waals surface area contributed by atoms with E-state index in [2.05, 4.69) is 11.9 Å². The molecule has 0 spiro atoms. The number of piperidine rings is 1. The van der Waals surface area contributed by atoms with E-state index in [1.807, 2.05) is 0 Å². The summed E-state index contributed by atoms with van der Waals surface area (Å²) in [7, 11) is 0. The van der Waals surface area contributed by atoms with Crippen LogP contribution in [0.2, 0.25) is 0 Å². The van der Waals surface area contributed by atoms with Crippen LogP contribution in [-0.4, -0.2) is 41.0 Å². The molecule has 0 aromatic heterocycles. The number of hydrogen-bond donors (Lipinski definition) is 2. The van der Waals surface area contributed by atoms with Gasteiger partial charge in [-0.15, -0.1) is 0 Å². The summed E-state index contributed by atoms with van der Waals surface area (Å²) >= 11 is 0. The third kappa shape index (κ3) is 4.56. The van der Waals surface area contributed by atoms with E-state index in [1.54, 1.807) is 17.0 Å². The molecule has 1 aromatic rings. The standard InChI is InChI=1S/C21H27FN2O3/c1-2-19(25)24-12-8-15(9-13-24)20(26)23-18-6-10-21(27,11-7-18)16-4-3-5-17(22)14-16/h2-5,14-15,18,27H,1,6-13H2,(H,23,26). The van der Waals surface area contributed by atoms with Crippen LogP contribution in [0.5, 0.6) is 0 Å². The van der Waals surface area contributed by atoms with Crippen LogP contribution in [0.25, 0.3) is 0 Å². The van der Waals surface area contributed by atoms with Crippen LogP contribution in [0.3, 0.4) is 0 Å². The summed E-state index contributed by atoms with van der Waals surface area (Å²) in [4.78, 5) is 25.9. The molecular formula is C21H27FN2O3. The number of halogens is 1. The van der Waals surface area contributed by atoms with Crippen molar-refractivity contribution in [1.29, 1.82) is 0 Å². The van der Waals surface area contributed by atoms with Crippen LogP contribution >= 0.6 is 0 Å². The number of nitrogens with zero attached hydrogens (tertiary/aromatic N) is 1. The summed E-state index contributed by atoms with van der Waals surface area (Å²) in [6.07, 6.45) is 4.93. The first kappa shape index (κ1) is 19.5. The number of benzene rings is 1. The summed E-state index contributed by atoms with van der Waals surface area (Å²) in [6.45, 7) is 4.65. The molecule has 2 N–H and O–H groups in total. The molecule has 2 amide bonds. The molecule has 3 rings (SSSR count). The van der Waals surface area contributed by atoms with Gasteiger partial charge in [0, 0.05) is 25.0 Å². The Balaban J connectivity index is 1.49. The zero-order chi connectivity index (χ0) is 19.4. The fourth-order valence-corrected chi connectivity index (χ4v) is 4.12. The molecule has 1 saturated heterocycles. The molecule has 0 bridgehead atoms. The maximum absolute atomic E-state index is 13.4. The molecule has 1 heterocycles. The SMILES string of the molecule is C=CC(=O)N1CCC(C(=O)NC2CCC(O)(c3cccc(F)c3)CC2)CC1. The number of amides is 2. The second kappa shape index (κ2) is 8.21. The van der Waals surface area contributed by atoms with Crippen LogP contribution in [-0.2, 0) is 15.2 Å². The van der Waals surface area contributed by atoms with Gasteiger partial charge in [-0.05, 0) is 62.3 Å². The number of likely N-dealkylation sites (tertiary alicyclic amines) is 1. The van der Waals surface area contributed by atoms with E-state index in [0.717, 1.165) is 0 Å². The van der Waals surface area contributed by atoms with Crippen molar-refractivity contribution in [1.82, 2.24) is 10.2 Å². The second-order valence-corrected chi connectivity index (χ2v) is 7.63. The highest BCUT2D eigenvalue weighted by molar-refractivity contribution is 5.87. The highest BCUT2D eigenvalue weighted by Crippen LogP contribution is 2.37. The number of rotatable bonds is 4. The normalized spacial score (nSPS) is 26.4. The van der Waals surface area contributed by atoms with E-state index in [0.29, 0.717) is 57.2 Å². The molecule has 27 heavy (non-hydrogen) atoms. The molecule has 5 nitrogen and oxygen atoms in total. The molecule has 1 aromatic carbocycles. The van der Waals surface area contributed by atoms with Crippen molar-refractivity contribution in [2.75, 3.05) is 13.1 Å². The minimum absolute atomic E-state index is 0.0270. The molecule has 0 radical (unpaired) electrons. The van der Waals surface area contributed by atoms with Gasteiger partial charge in [-0.3, -0.25) is 9.59 Å². The Kier molecular flexibility index (Phi) is 5.95. The highest BCUT2D eigenvalue weighted by atomic mass is 19.1. The first-order chi connectivity index (χ1) is 12.9. The van der Waals surface area contributed by atoms with Gasteiger partial charge in [0.2, 0.25) is 11.8 Å². The number of aliphatic hydroxyl groups is 1. The minimum Gasteiger partial charge on any atom is -0.385 e. The van der Waals surface area contributed by atoms with E-state index in [4.69, 9.17) is 0 Å². The zero-order valence-electron chi connectivity index (χ0n) is 15.5. The van der Waals surface area contributed by atoms with Gasteiger partial charge in [-0.1, -0.05) is 18.7 Å². The molecule has 2 aliphatic rings. The first-order valence-electron chi connectivity index (χ1n) is 9.61. The molecule has 0 unspecified atom stereocenters. The van der Waals surface area contributed by atoms with Crippen LogP contribution in [0, 0.1) is 11.7 Å². The Morgan fingerprint density at radius 2 is 1.89 bits per heavy atom. The summed E-state index contributed by atoms with van der Waals surface area (Å²) in [5.74, 6) is -0.486. The third-order valence-electron chi connectivity index (χ3n) is 5.87. The average molecular weight is 374 g/mol. The van der Waals surface area contributed by atoms with Crippen molar-refractivity contribution in [3.8, 4) is 0 Å². The van der Waals surface area contributed by atoms with E-state index in [1.165, 1.54) is 18.2 Å². The van der Waals surface area contributed by atoms with E-state index in [9.17, 15) is 19.1 Å². The molecule has 1 aliphatic heterocycles. The fourth-order valence-electron chi connectivity index (χ4n) is 4.12. The van der Waals surface area contributed by atoms with Crippen molar-refractivity contribution >= 4 is 11.8 Å². The van der Waals surface area contributed by atoms with Crippen LogP contribution < -0.4 is 5.32 Å². The largest absolute Gasteiger partial charge is 0.385 e. The molecular weight excluding hydrogens is 347 g/mol. The van der Waals surface area contributed by atoms with Crippen molar-refractivity contribution in [3.05, 3.63) is 48.3 Å². The predicted molar refractivity (Wildman–Crippen MR) is 100 cm³/mol. The maximum Gasteiger partial charge on any atom is 0.245 e. The fraction of sp³-hybridized carbons (Fsp3) is 0.524. The van der Waals surface area contributed by atoms with Crippen molar-refractivity contribution in [2.24, 2.45) is 5.92 Å². The van der Waals surface area contributed by atoms with Crippen molar-refractivity contribution in [2.45, 2.75) is 50.2 Å². The Morgan fingerprint density at radius 3 is 2.48 bits per heavy atom. The van der Waals surface area contributed by atoms with Gasteiger partial charge in [0.25, 0.3) is 0 Å². The first-order valence-corrected chi connectivity index (χ1v) is 9.61. The molecule has 0 atom stereocenters. The number of nitrogens with one attached hydrogen (secondary N) is 1. The highest BCUT2D eigenvalue weighted by Gasteiger charge is 2.36. The topological polar surface area (TPSA) is 69.6 Å². The zero-order valence-corrected chi connectivity index (χ0v) is 15.5. The van der Waals surface area contributed by atoms with Gasteiger partial charge < -0.3 is 15.3 Å². The Hall–Kier alpha value is -2.21. The minimum atomic E-state index is -1.03. The number of hydrogen-bond acceptors (Lipinski definition) is 3. The summed E-state index contributed by atoms with van der Waals surface area (Å²) in [5.41, 5.74) is -0.425. The van der Waals surface area contributed by atoms with Crippen LogP contribution in [0.15, 0.2) is 36.9 Å². The van der Waals surface area contributed by atoms with Gasteiger partial charge in [0.05, 0.1) is 5.60 Å². The lowest BCUT2D eigenvalue weighted by Crippen LogP contribution is -2.47. The Labute approximate surface area is 159 Å². The van der Waals surface area contributed by atoms with Crippen molar-refractivity contribution in [3.63, 3.8) is 0 Å². The summed E-state index contributed by atoms with van der Waals surface area (Å²) < 4.78 is 13.4. The smallest absolute Gasteiger partial charge is 0.245 e. The lowest BCUT2D eigenvalue weighted by molar-refractivity contribution is -0.132. The van der Waals surface area contributed by atoms with Gasteiger partial charge in [0.15, 0.2) is 0 Å².